The van der Waals surface area contributed by atoms with E-state index >= 15 is 0 Å². The Kier molecular flexibility index (Phi) is 3.56. The molecule has 1 aromatic carbocycles. The average molecular weight is 312 g/mol. The summed E-state index contributed by atoms with van der Waals surface area (Å²) in [4.78, 5) is 8.93. The maximum absolute atomic E-state index is 4.64. The van der Waals surface area contributed by atoms with Crippen LogP contribution in [0.4, 0.5) is 5.13 Å². The van der Waals surface area contributed by atoms with Crippen LogP contribution in [0.25, 0.3) is 0 Å². The molecular formula is C15H16N6S. The molecule has 0 spiro atoms. The third kappa shape index (κ3) is 2.59. The van der Waals surface area contributed by atoms with Crippen LogP contribution in [0.5, 0.6) is 0 Å². The van der Waals surface area contributed by atoms with E-state index in [9.17, 15) is 0 Å². The van der Waals surface area contributed by atoms with Gasteiger partial charge in [-0.1, -0.05) is 36.8 Å². The van der Waals surface area contributed by atoms with Crippen LogP contribution in [-0.4, -0.2) is 24.5 Å². The van der Waals surface area contributed by atoms with Crippen molar-refractivity contribution in [2.45, 2.75) is 31.2 Å². The Morgan fingerprint density at radius 1 is 1.23 bits per heavy atom. The van der Waals surface area contributed by atoms with E-state index in [0.717, 1.165) is 22.3 Å². The first-order valence-electron chi connectivity index (χ1n) is 7.40. The quantitative estimate of drug-likeness (QED) is 0.756. The van der Waals surface area contributed by atoms with Gasteiger partial charge in [0.2, 0.25) is 5.13 Å². The van der Waals surface area contributed by atoms with Gasteiger partial charge in [0.1, 0.15) is 18.2 Å². The molecule has 1 unspecified atom stereocenters. The predicted octanol–water partition coefficient (Wildman–Crippen LogP) is 3.13. The molecule has 2 aromatic heterocycles. The molecule has 1 fully saturated rings. The van der Waals surface area contributed by atoms with Gasteiger partial charge in [0.15, 0.2) is 5.82 Å². The zero-order chi connectivity index (χ0) is 14.8. The molecule has 4 rings (SSSR count). The molecule has 22 heavy (non-hydrogen) atoms. The highest BCUT2D eigenvalue weighted by molar-refractivity contribution is 7.09. The molecule has 0 bridgehead atoms. The fourth-order valence-electron chi connectivity index (χ4n) is 2.56. The van der Waals surface area contributed by atoms with Crippen LogP contribution < -0.4 is 5.32 Å². The van der Waals surface area contributed by atoms with Gasteiger partial charge < -0.3 is 5.32 Å². The predicted molar refractivity (Wildman–Crippen MR) is 84.8 cm³/mol. The van der Waals surface area contributed by atoms with Crippen molar-refractivity contribution in [1.82, 2.24) is 24.5 Å². The van der Waals surface area contributed by atoms with Crippen LogP contribution in [0.3, 0.4) is 0 Å². The number of anilines is 1. The fourth-order valence-corrected chi connectivity index (χ4v) is 3.23. The Morgan fingerprint density at radius 2 is 2.09 bits per heavy atom. The molecule has 7 heteroatoms. The highest BCUT2D eigenvalue weighted by atomic mass is 32.1. The second-order valence-electron chi connectivity index (χ2n) is 5.44. The lowest BCUT2D eigenvalue weighted by molar-refractivity contribution is 0.405. The van der Waals surface area contributed by atoms with Crippen LogP contribution in [-0.2, 0) is 0 Å². The molecule has 1 saturated carbocycles. The lowest BCUT2D eigenvalue weighted by Gasteiger charge is -2.21. The first-order chi connectivity index (χ1) is 10.9. The van der Waals surface area contributed by atoms with Crippen LogP contribution in [0.15, 0.2) is 36.7 Å². The molecule has 1 aliphatic carbocycles. The minimum Gasteiger partial charge on any atom is -0.346 e. The van der Waals surface area contributed by atoms with Gasteiger partial charge in [-0.2, -0.15) is 9.47 Å². The van der Waals surface area contributed by atoms with Gasteiger partial charge in [-0.3, -0.25) is 5.10 Å². The molecular weight excluding hydrogens is 296 g/mol. The number of nitrogens with zero attached hydrogens (tertiary/aromatic N) is 4. The number of hydrogen-bond donors (Lipinski definition) is 2. The van der Waals surface area contributed by atoms with Crippen LogP contribution in [0.2, 0.25) is 0 Å². The summed E-state index contributed by atoms with van der Waals surface area (Å²) >= 11 is 1.41. The Labute approximate surface area is 132 Å². The van der Waals surface area contributed by atoms with E-state index in [2.05, 4.69) is 42.0 Å². The Hall–Kier alpha value is -2.28. The van der Waals surface area contributed by atoms with Gasteiger partial charge in [0.25, 0.3) is 0 Å². The van der Waals surface area contributed by atoms with Gasteiger partial charge in [-0.05, 0) is 18.4 Å². The van der Waals surface area contributed by atoms with E-state index in [4.69, 9.17) is 0 Å². The van der Waals surface area contributed by atoms with E-state index in [-0.39, 0.29) is 6.04 Å². The summed E-state index contributed by atoms with van der Waals surface area (Å²) in [5.41, 5.74) is 1.11. The number of H-pyrrole nitrogens is 1. The monoisotopic (exact) mass is 312 g/mol. The topological polar surface area (TPSA) is 79.4 Å². The van der Waals surface area contributed by atoms with Gasteiger partial charge in [-0.25, -0.2) is 9.97 Å². The van der Waals surface area contributed by atoms with E-state index in [1.165, 1.54) is 37.1 Å². The Bertz CT molecular complexity index is 720. The van der Waals surface area contributed by atoms with Crippen molar-refractivity contribution in [3.8, 4) is 0 Å². The van der Waals surface area contributed by atoms with E-state index in [1.54, 1.807) is 0 Å². The maximum Gasteiger partial charge on any atom is 0.203 e. The summed E-state index contributed by atoms with van der Waals surface area (Å²) in [6.45, 7) is 0. The number of aromatic nitrogens is 5. The zero-order valence-corrected chi connectivity index (χ0v) is 12.8. The van der Waals surface area contributed by atoms with Gasteiger partial charge >= 0.3 is 0 Å². The molecule has 1 aliphatic rings. The van der Waals surface area contributed by atoms with E-state index in [0.29, 0.717) is 5.92 Å². The summed E-state index contributed by atoms with van der Waals surface area (Å²) in [6, 6.07) is 10.1. The second kappa shape index (κ2) is 5.84. The first kappa shape index (κ1) is 13.4. The van der Waals surface area contributed by atoms with Crippen molar-refractivity contribution in [3.63, 3.8) is 0 Å². The molecule has 0 amide bonds. The third-order valence-electron chi connectivity index (χ3n) is 4.02. The maximum atomic E-state index is 4.64. The lowest BCUT2D eigenvalue weighted by Crippen LogP contribution is -2.14. The third-order valence-corrected chi connectivity index (χ3v) is 4.68. The minimum absolute atomic E-state index is 0.106. The van der Waals surface area contributed by atoms with Crippen molar-refractivity contribution in [2.24, 2.45) is 0 Å². The van der Waals surface area contributed by atoms with Crippen molar-refractivity contribution >= 4 is 16.7 Å². The molecule has 0 radical (unpaired) electrons. The average Bonchev–Trinajstić information content (AvgIpc) is 3.15. The summed E-state index contributed by atoms with van der Waals surface area (Å²) in [5.74, 6) is 2.29. The molecule has 3 aromatic rings. The van der Waals surface area contributed by atoms with Gasteiger partial charge in [0.05, 0.1) is 0 Å². The Morgan fingerprint density at radius 3 is 2.77 bits per heavy atom. The minimum atomic E-state index is -0.106. The van der Waals surface area contributed by atoms with E-state index < -0.39 is 0 Å². The molecule has 6 nitrogen and oxygen atoms in total. The molecule has 0 saturated heterocycles. The molecule has 112 valence electrons. The lowest BCUT2D eigenvalue weighted by atomic mass is 9.85. The standard InChI is InChI=1S/C15H16N6S/c1-2-5-10(6-3-1)12(14-16-9-17-20-14)18-15-19-13(21-22-15)11-7-4-8-11/h1-3,5-6,9,11-12H,4,7-8H2,(H,16,17,20)(H,18,19,21). The van der Waals surface area contributed by atoms with Gasteiger partial charge in [0, 0.05) is 17.5 Å². The summed E-state index contributed by atoms with van der Waals surface area (Å²) in [6.07, 6.45) is 5.23. The summed E-state index contributed by atoms with van der Waals surface area (Å²) < 4.78 is 4.49. The molecule has 0 aliphatic heterocycles. The molecule has 1 atom stereocenters. The number of benzene rings is 1. The number of rotatable bonds is 5. The number of nitrogens with one attached hydrogen (secondary N) is 2. The number of hydrogen-bond acceptors (Lipinski definition) is 6. The fraction of sp³-hybridized carbons (Fsp3) is 0.333. The highest BCUT2D eigenvalue weighted by Crippen LogP contribution is 2.36. The molecule has 2 heterocycles. The van der Waals surface area contributed by atoms with Crippen LogP contribution in [0.1, 0.15) is 48.4 Å². The van der Waals surface area contributed by atoms with Crippen molar-refractivity contribution in [1.29, 1.82) is 0 Å². The summed E-state index contributed by atoms with van der Waals surface area (Å²) in [7, 11) is 0. The Balaban J connectivity index is 1.60. The second-order valence-corrected chi connectivity index (χ2v) is 6.20. The smallest absolute Gasteiger partial charge is 0.203 e. The highest BCUT2D eigenvalue weighted by Gasteiger charge is 2.25. The van der Waals surface area contributed by atoms with Crippen molar-refractivity contribution in [3.05, 3.63) is 53.9 Å². The molecule has 2 N–H and O–H groups in total. The normalized spacial score (nSPS) is 16.2. The zero-order valence-electron chi connectivity index (χ0n) is 11.9. The summed E-state index contributed by atoms with van der Waals surface area (Å²) in [5, 5.41) is 11.2. The number of aromatic amines is 1. The van der Waals surface area contributed by atoms with Gasteiger partial charge in [-0.15, -0.1) is 0 Å². The SMILES string of the molecule is c1ccc(C(Nc2nc(C3CCC3)ns2)c2ncn[nH]2)cc1. The van der Waals surface area contributed by atoms with Crippen molar-refractivity contribution in [2.75, 3.05) is 5.32 Å². The largest absolute Gasteiger partial charge is 0.346 e. The van der Waals surface area contributed by atoms with E-state index in [1.807, 2.05) is 18.2 Å². The first-order valence-corrected chi connectivity index (χ1v) is 8.18. The van der Waals surface area contributed by atoms with Crippen LogP contribution in [0, 0.1) is 0 Å². The van der Waals surface area contributed by atoms with Crippen LogP contribution >= 0.6 is 11.5 Å². The van der Waals surface area contributed by atoms with Crippen molar-refractivity contribution < 1.29 is 0 Å².